The van der Waals surface area contributed by atoms with Crippen molar-refractivity contribution in [2.45, 2.75) is 78.7 Å². The maximum absolute atomic E-state index is 13.3. The molecular weight excluding hydrogens is 488 g/mol. The summed E-state index contributed by atoms with van der Waals surface area (Å²) in [6.07, 6.45) is 3.62. The molecule has 0 aromatic rings. The molecule has 1 unspecified atom stereocenters. The van der Waals surface area contributed by atoms with E-state index in [1.807, 2.05) is 33.0 Å². The topological polar surface area (TPSA) is 67.9 Å². The van der Waals surface area contributed by atoms with E-state index >= 15 is 0 Å². The van der Waals surface area contributed by atoms with Gasteiger partial charge in [-0.3, -0.25) is 4.79 Å². The molecule has 1 amide bonds. The van der Waals surface area contributed by atoms with Crippen LogP contribution in [0.4, 0.5) is 0 Å². The SMILES string of the molecule is CC(C)COC(=O)C1=C(CN/C=C/CBr)[C@H](C)C2[C@@H]([C@@H](C)O[Si](C)(C)C(C)(C)C)C(=O)N12. The molecule has 182 valence electrons. The number of esters is 1. The van der Waals surface area contributed by atoms with Crippen LogP contribution in [0.3, 0.4) is 0 Å². The summed E-state index contributed by atoms with van der Waals surface area (Å²) in [7, 11) is -2.02. The van der Waals surface area contributed by atoms with Crippen molar-refractivity contribution >= 4 is 36.1 Å². The number of fused-ring (bicyclic) bond motifs is 1. The molecule has 0 radical (unpaired) electrons. The average molecular weight is 530 g/mol. The second kappa shape index (κ2) is 10.4. The van der Waals surface area contributed by atoms with Crippen molar-refractivity contribution in [3.63, 3.8) is 0 Å². The van der Waals surface area contributed by atoms with Crippen molar-refractivity contribution in [3.05, 3.63) is 23.5 Å². The standard InChI is InChI=1S/C24H41BrN2O4Si/c1-15(2)14-30-23(29)21-18(13-26-12-10-11-25)16(3)20-19(22(28)27(20)21)17(4)31-32(8,9)24(5,6)7/h10,12,15-17,19-20,26H,11,13-14H2,1-9H3/b12-10+/t16-,17+,19+,20?/m0/s1. The highest BCUT2D eigenvalue weighted by Gasteiger charge is 2.61. The average Bonchev–Trinajstić information content (AvgIpc) is 2.90. The number of alkyl halides is 1. The van der Waals surface area contributed by atoms with Crippen LogP contribution in [-0.4, -0.2) is 55.7 Å². The molecule has 4 atom stereocenters. The predicted molar refractivity (Wildman–Crippen MR) is 135 cm³/mol. The normalized spacial score (nSPS) is 24.8. The lowest BCUT2D eigenvalue weighted by atomic mass is 9.78. The number of hydrogen-bond acceptors (Lipinski definition) is 5. The zero-order valence-corrected chi connectivity index (χ0v) is 23.7. The van der Waals surface area contributed by atoms with Crippen LogP contribution >= 0.6 is 15.9 Å². The maximum atomic E-state index is 13.3. The molecule has 0 aromatic heterocycles. The van der Waals surface area contributed by atoms with Gasteiger partial charge in [-0.1, -0.05) is 63.5 Å². The Morgan fingerprint density at radius 2 is 1.91 bits per heavy atom. The molecule has 0 saturated carbocycles. The van der Waals surface area contributed by atoms with Gasteiger partial charge in [0, 0.05) is 17.8 Å². The lowest BCUT2D eigenvalue weighted by Gasteiger charge is -2.50. The number of ether oxygens (including phenoxy) is 1. The minimum Gasteiger partial charge on any atom is -0.461 e. The first-order valence-corrected chi connectivity index (χ1v) is 15.6. The van der Waals surface area contributed by atoms with E-state index in [4.69, 9.17) is 9.16 Å². The molecule has 2 rings (SSSR count). The second-order valence-corrected chi connectivity index (χ2v) is 16.3. The summed E-state index contributed by atoms with van der Waals surface area (Å²) in [4.78, 5) is 28.0. The molecule has 0 spiro atoms. The van der Waals surface area contributed by atoms with Crippen molar-refractivity contribution in [1.82, 2.24) is 10.2 Å². The van der Waals surface area contributed by atoms with Gasteiger partial charge in [-0.05, 0) is 42.7 Å². The number of nitrogens with zero attached hydrogens (tertiary/aromatic N) is 1. The van der Waals surface area contributed by atoms with E-state index in [2.05, 4.69) is 62.0 Å². The Labute approximate surface area is 203 Å². The molecule has 2 heterocycles. The number of nitrogens with one attached hydrogen (secondary N) is 1. The van der Waals surface area contributed by atoms with E-state index in [9.17, 15) is 9.59 Å². The van der Waals surface area contributed by atoms with Gasteiger partial charge in [-0.25, -0.2) is 4.79 Å². The number of amides is 1. The Bertz CT molecular complexity index is 772. The molecule has 1 fully saturated rings. The highest BCUT2D eigenvalue weighted by atomic mass is 79.9. The monoisotopic (exact) mass is 528 g/mol. The Kier molecular flexibility index (Phi) is 8.84. The Hall–Kier alpha value is -1.12. The fraction of sp³-hybridized carbons (Fsp3) is 0.750. The molecule has 2 aliphatic rings. The molecule has 8 heteroatoms. The number of rotatable bonds is 10. The highest BCUT2D eigenvalue weighted by Crippen LogP contribution is 2.49. The fourth-order valence-electron chi connectivity index (χ4n) is 4.18. The number of hydrogen-bond donors (Lipinski definition) is 1. The van der Waals surface area contributed by atoms with E-state index in [1.54, 1.807) is 4.90 Å². The maximum Gasteiger partial charge on any atom is 0.355 e. The van der Waals surface area contributed by atoms with Gasteiger partial charge in [0.15, 0.2) is 8.32 Å². The van der Waals surface area contributed by atoms with Crippen LogP contribution in [0.5, 0.6) is 0 Å². The van der Waals surface area contributed by atoms with Gasteiger partial charge < -0.3 is 19.4 Å². The van der Waals surface area contributed by atoms with Crippen molar-refractivity contribution in [2.75, 3.05) is 18.5 Å². The van der Waals surface area contributed by atoms with Crippen molar-refractivity contribution in [1.29, 1.82) is 0 Å². The van der Waals surface area contributed by atoms with E-state index in [0.717, 1.165) is 10.9 Å². The summed E-state index contributed by atoms with van der Waals surface area (Å²) in [6, 6.07) is -0.0687. The Morgan fingerprint density at radius 1 is 1.28 bits per heavy atom. The summed E-state index contributed by atoms with van der Waals surface area (Å²) in [5, 5.41) is 4.07. The number of carbonyl (C=O) groups is 2. The molecule has 6 nitrogen and oxygen atoms in total. The molecule has 2 aliphatic heterocycles. The van der Waals surface area contributed by atoms with Crippen LogP contribution in [0.25, 0.3) is 0 Å². The molecular formula is C24H41BrN2O4Si. The third-order valence-corrected chi connectivity index (χ3v) is 11.9. The fourth-order valence-corrected chi connectivity index (χ4v) is 5.79. The number of allylic oxidation sites excluding steroid dienone is 1. The number of carbonyl (C=O) groups excluding carboxylic acids is 2. The Morgan fingerprint density at radius 3 is 2.44 bits per heavy atom. The van der Waals surface area contributed by atoms with Crippen LogP contribution in [0.15, 0.2) is 23.5 Å². The Balaban J connectivity index is 2.27. The third-order valence-electron chi connectivity index (χ3n) is 6.95. The summed E-state index contributed by atoms with van der Waals surface area (Å²) in [6.45, 7) is 20.0. The van der Waals surface area contributed by atoms with Crippen molar-refractivity contribution in [3.8, 4) is 0 Å². The quantitative estimate of drug-likeness (QED) is 0.190. The first-order valence-electron chi connectivity index (χ1n) is 11.6. The zero-order valence-electron chi connectivity index (χ0n) is 21.1. The minimum absolute atomic E-state index is 0.0319. The van der Waals surface area contributed by atoms with E-state index in [1.165, 1.54) is 0 Å². The van der Waals surface area contributed by atoms with Crippen LogP contribution < -0.4 is 5.32 Å². The van der Waals surface area contributed by atoms with Crippen molar-refractivity contribution in [2.24, 2.45) is 17.8 Å². The second-order valence-electron chi connectivity index (χ2n) is 10.9. The summed E-state index contributed by atoms with van der Waals surface area (Å²) in [5.74, 6) is -0.401. The molecule has 0 aliphatic carbocycles. The van der Waals surface area contributed by atoms with Crippen LogP contribution in [-0.2, 0) is 18.8 Å². The lowest BCUT2D eigenvalue weighted by Crippen LogP contribution is -2.65. The number of halogens is 1. The zero-order chi connectivity index (χ0) is 24.4. The summed E-state index contributed by atoms with van der Waals surface area (Å²) in [5.41, 5.74) is 1.35. The molecule has 0 aromatic carbocycles. The molecule has 1 saturated heterocycles. The van der Waals surface area contributed by atoms with Crippen LogP contribution in [0, 0.1) is 17.8 Å². The van der Waals surface area contributed by atoms with E-state index in [-0.39, 0.29) is 40.8 Å². The van der Waals surface area contributed by atoms with Gasteiger partial charge >= 0.3 is 5.97 Å². The smallest absolute Gasteiger partial charge is 0.355 e. The van der Waals surface area contributed by atoms with Crippen LogP contribution in [0.2, 0.25) is 18.1 Å². The van der Waals surface area contributed by atoms with Gasteiger partial charge in [0.1, 0.15) is 5.70 Å². The van der Waals surface area contributed by atoms with Gasteiger partial charge in [0.05, 0.1) is 24.7 Å². The lowest BCUT2D eigenvalue weighted by molar-refractivity contribution is -0.163. The first-order chi connectivity index (χ1) is 14.7. The van der Waals surface area contributed by atoms with Gasteiger partial charge in [-0.2, -0.15) is 0 Å². The van der Waals surface area contributed by atoms with E-state index < -0.39 is 14.3 Å². The molecule has 32 heavy (non-hydrogen) atoms. The molecule has 0 bridgehead atoms. The summed E-state index contributed by atoms with van der Waals surface area (Å²) < 4.78 is 12.1. The summed E-state index contributed by atoms with van der Waals surface area (Å²) >= 11 is 3.37. The van der Waals surface area contributed by atoms with Gasteiger partial charge in [-0.15, -0.1) is 0 Å². The van der Waals surface area contributed by atoms with Crippen molar-refractivity contribution < 1.29 is 18.8 Å². The van der Waals surface area contributed by atoms with E-state index in [0.29, 0.717) is 18.8 Å². The minimum atomic E-state index is -2.02. The highest BCUT2D eigenvalue weighted by molar-refractivity contribution is 9.09. The predicted octanol–water partition coefficient (Wildman–Crippen LogP) is 4.82. The first kappa shape index (κ1) is 27.1. The third kappa shape index (κ3) is 5.50. The molecule has 1 N–H and O–H groups in total. The largest absolute Gasteiger partial charge is 0.461 e. The van der Waals surface area contributed by atoms with Gasteiger partial charge in [0.25, 0.3) is 0 Å². The van der Waals surface area contributed by atoms with Crippen LogP contribution in [0.1, 0.15) is 48.5 Å². The van der Waals surface area contributed by atoms with Gasteiger partial charge in [0.2, 0.25) is 5.91 Å². The number of β-lactam (4-membered cyclic amide) rings is 1.